The van der Waals surface area contributed by atoms with Crippen molar-refractivity contribution in [3.63, 3.8) is 0 Å². The summed E-state index contributed by atoms with van der Waals surface area (Å²) >= 11 is 0. The van der Waals surface area contributed by atoms with Crippen molar-refractivity contribution in [2.45, 2.75) is 13.5 Å². The molecule has 18 heavy (non-hydrogen) atoms. The second kappa shape index (κ2) is 6.02. The zero-order valence-electron chi connectivity index (χ0n) is 10.3. The largest absolute Gasteiger partial charge is 0.456 e. The lowest BCUT2D eigenvalue weighted by atomic mass is 10.2. The van der Waals surface area contributed by atoms with Crippen LogP contribution in [-0.2, 0) is 6.61 Å². The highest BCUT2D eigenvalue weighted by Gasteiger charge is 1.99. The summed E-state index contributed by atoms with van der Waals surface area (Å²) in [6.45, 7) is 2.91. The Kier molecular flexibility index (Phi) is 4.15. The number of aromatic nitrogens is 1. The van der Waals surface area contributed by atoms with Crippen molar-refractivity contribution in [1.29, 1.82) is 0 Å². The monoisotopic (exact) mass is 244 g/mol. The molecule has 0 radical (unpaired) electrons. The van der Waals surface area contributed by atoms with E-state index >= 15 is 0 Å². The molecule has 0 fully saturated rings. The fourth-order valence-electron chi connectivity index (χ4n) is 1.57. The minimum absolute atomic E-state index is 0.0394. The number of benzene rings is 1. The van der Waals surface area contributed by atoms with E-state index in [-0.39, 0.29) is 6.61 Å². The number of ether oxygens (including phenoxy) is 1. The van der Waals surface area contributed by atoms with Crippen LogP contribution in [0.2, 0.25) is 0 Å². The molecule has 0 saturated heterocycles. The number of anilines is 1. The summed E-state index contributed by atoms with van der Waals surface area (Å²) in [5, 5.41) is 12.1. The van der Waals surface area contributed by atoms with Crippen molar-refractivity contribution in [3.8, 4) is 11.5 Å². The lowest BCUT2D eigenvalue weighted by molar-refractivity contribution is 0.281. The molecule has 0 aliphatic carbocycles. The molecule has 2 aromatic rings. The average molecular weight is 244 g/mol. The van der Waals surface area contributed by atoms with Gasteiger partial charge in [0.1, 0.15) is 11.5 Å². The average Bonchev–Trinajstić information content (AvgIpc) is 2.40. The molecule has 0 spiro atoms. The number of hydrogen-bond donors (Lipinski definition) is 2. The molecule has 0 unspecified atom stereocenters. The summed E-state index contributed by atoms with van der Waals surface area (Å²) in [6.07, 6.45) is 3.42. The first-order valence-electron chi connectivity index (χ1n) is 5.88. The summed E-state index contributed by atoms with van der Waals surface area (Å²) in [7, 11) is 0. The van der Waals surface area contributed by atoms with Crippen molar-refractivity contribution in [3.05, 3.63) is 48.3 Å². The van der Waals surface area contributed by atoms with Gasteiger partial charge in [-0.05, 0) is 24.6 Å². The van der Waals surface area contributed by atoms with Gasteiger partial charge in [0.05, 0.1) is 24.7 Å². The molecule has 4 nitrogen and oxygen atoms in total. The number of nitrogens with zero attached hydrogens (tertiary/aromatic N) is 1. The molecule has 1 aromatic heterocycles. The SMILES string of the molecule is CCNc1cncc(Oc2ccc(CO)cc2)c1. The Morgan fingerprint density at radius 1 is 1.17 bits per heavy atom. The van der Waals surface area contributed by atoms with Gasteiger partial charge in [-0.15, -0.1) is 0 Å². The predicted molar refractivity (Wildman–Crippen MR) is 70.8 cm³/mol. The Balaban J connectivity index is 2.09. The summed E-state index contributed by atoms with van der Waals surface area (Å²) in [5.41, 5.74) is 1.80. The third-order valence-corrected chi connectivity index (χ3v) is 2.44. The zero-order chi connectivity index (χ0) is 12.8. The van der Waals surface area contributed by atoms with Crippen LogP contribution in [0.25, 0.3) is 0 Å². The highest BCUT2D eigenvalue weighted by atomic mass is 16.5. The second-order valence-electron chi connectivity index (χ2n) is 3.84. The van der Waals surface area contributed by atoms with Gasteiger partial charge in [-0.2, -0.15) is 0 Å². The van der Waals surface area contributed by atoms with Crippen LogP contribution in [0.5, 0.6) is 11.5 Å². The topological polar surface area (TPSA) is 54.4 Å². The maximum atomic E-state index is 8.95. The molecule has 0 atom stereocenters. The quantitative estimate of drug-likeness (QED) is 0.849. The van der Waals surface area contributed by atoms with Crippen molar-refractivity contribution in [2.75, 3.05) is 11.9 Å². The number of hydrogen-bond acceptors (Lipinski definition) is 4. The van der Waals surface area contributed by atoms with Gasteiger partial charge in [-0.3, -0.25) is 4.98 Å². The fourth-order valence-corrected chi connectivity index (χ4v) is 1.57. The molecule has 2 N–H and O–H groups in total. The van der Waals surface area contributed by atoms with Crippen LogP contribution < -0.4 is 10.1 Å². The third kappa shape index (κ3) is 3.21. The van der Waals surface area contributed by atoms with E-state index in [0.29, 0.717) is 5.75 Å². The van der Waals surface area contributed by atoms with E-state index in [1.165, 1.54) is 0 Å². The number of aliphatic hydroxyl groups excluding tert-OH is 1. The van der Waals surface area contributed by atoms with E-state index < -0.39 is 0 Å². The number of aliphatic hydroxyl groups is 1. The van der Waals surface area contributed by atoms with Crippen molar-refractivity contribution in [1.82, 2.24) is 4.98 Å². The van der Waals surface area contributed by atoms with E-state index in [4.69, 9.17) is 9.84 Å². The van der Waals surface area contributed by atoms with Crippen LogP contribution in [0, 0.1) is 0 Å². The normalized spacial score (nSPS) is 10.1. The smallest absolute Gasteiger partial charge is 0.147 e. The van der Waals surface area contributed by atoms with Crippen molar-refractivity contribution < 1.29 is 9.84 Å². The number of nitrogens with one attached hydrogen (secondary N) is 1. The van der Waals surface area contributed by atoms with Gasteiger partial charge in [0, 0.05) is 12.6 Å². The highest BCUT2D eigenvalue weighted by molar-refractivity contribution is 5.46. The number of pyridine rings is 1. The van der Waals surface area contributed by atoms with Gasteiger partial charge in [-0.25, -0.2) is 0 Å². The van der Waals surface area contributed by atoms with Crippen LogP contribution >= 0.6 is 0 Å². The van der Waals surface area contributed by atoms with Crippen LogP contribution in [-0.4, -0.2) is 16.6 Å². The molecule has 1 aromatic carbocycles. The summed E-state index contributed by atoms with van der Waals surface area (Å²) in [5.74, 6) is 1.41. The van der Waals surface area contributed by atoms with Crippen LogP contribution in [0.4, 0.5) is 5.69 Å². The summed E-state index contributed by atoms with van der Waals surface area (Å²) in [4.78, 5) is 4.11. The van der Waals surface area contributed by atoms with Crippen LogP contribution in [0.3, 0.4) is 0 Å². The predicted octanol–water partition coefficient (Wildman–Crippen LogP) is 2.80. The summed E-state index contributed by atoms with van der Waals surface area (Å²) in [6, 6.07) is 9.21. The molecule has 2 rings (SSSR count). The van der Waals surface area contributed by atoms with E-state index in [1.54, 1.807) is 12.4 Å². The van der Waals surface area contributed by atoms with E-state index in [2.05, 4.69) is 10.3 Å². The third-order valence-electron chi connectivity index (χ3n) is 2.44. The first kappa shape index (κ1) is 12.4. The minimum Gasteiger partial charge on any atom is -0.456 e. The minimum atomic E-state index is 0.0394. The maximum absolute atomic E-state index is 8.95. The zero-order valence-corrected chi connectivity index (χ0v) is 10.3. The molecule has 0 bridgehead atoms. The first-order chi connectivity index (χ1) is 8.81. The summed E-state index contributed by atoms with van der Waals surface area (Å²) < 4.78 is 5.68. The Bertz CT molecular complexity index is 497. The lowest BCUT2D eigenvalue weighted by Crippen LogP contribution is -1.97. The van der Waals surface area contributed by atoms with Gasteiger partial charge in [0.15, 0.2) is 0 Å². The van der Waals surface area contributed by atoms with Crippen molar-refractivity contribution >= 4 is 5.69 Å². The first-order valence-corrected chi connectivity index (χ1v) is 5.88. The Hall–Kier alpha value is -2.07. The standard InChI is InChI=1S/C14H16N2O2/c1-2-16-12-7-14(9-15-8-12)18-13-5-3-11(10-17)4-6-13/h3-9,16-17H,2,10H2,1H3. The molecule has 0 aliphatic heterocycles. The molecule has 0 aliphatic rings. The van der Waals surface area contributed by atoms with Crippen LogP contribution in [0.15, 0.2) is 42.7 Å². The molecule has 1 heterocycles. The van der Waals surface area contributed by atoms with Crippen molar-refractivity contribution in [2.24, 2.45) is 0 Å². The second-order valence-corrected chi connectivity index (χ2v) is 3.84. The van der Waals surface area contributed by atoms with E-state index in [9.17, 15) is 0 Å². The fraction of sp³-hybridized carbons (Fsp3) is 0.214. The van der Waals surface area contributed by atoms with Gasteiger partial charge in [0.2, 0.25) is 0 Å². The number of rotatable bonds is 5. The Morgan fingerprint density at radius 2 is 1.94 bits per heavy atom. The van der Waals surface area contributed by atoms with Gasteiger partial charge >= 0.3 is 0 Å². The van der Waals surface area contributed by atoms with Crippen LogP contribution in [0.1, 0.15) is 12.5 Å². The molecule has 0 saturated carbocycles. The maximum Gasteiger partial charge on any atom is 0.147 e. The highest BCUT2D eigenvalue weighted by Crippen LogP contribution is 2.23. The van der Waals surface area contributed by atoms with E-state index in [1.807, 2.05) is 37.3 Å². The molecular weight excluding hydrogens is 228 g/mol. The van der Waals surface area contributed by atoms with Gasteiger partial charge < -0.3 is 15.2 Å². The van der Waals surface area contributed by atoms with E-state index in [0.717, 1.165) is 23.5 Å². The van der Waals surface area contributed by atoms with Gasteiger partial charge in [-0.1, -0.05) is 12.1 Å². The molecule has 0 amide bonds. The van der Waals surface area contributed by atoms with Gasteiger partial charge in [0.25, 0.3) is 0 Å². The molecule has 4 heteroatoms. The Morgan fingerprint density at radius 3 is 2.61 bits per heavy atom. The lowest BCUT2D eigenvalue weighted by Gasteiger charge is -2.08. The molecule has 94 valence electrons. The Labute approximate surface area is 106 Å². The molecular formula is C14H16N2O2.